The lowest BCUT2D eigenvalue weighted by Crippen LogP contribution is -2.49. The van der Waals surface area contributed by atoms with Crippen LogP contribution in [-0.4, -0.2) is 67.6 Å². The number of nitrogen functional groups attached to an aromatic ring is 1. The number of aromatic carboxylic acids is 1. The number of carboxylic acid groups (broad SMARTS) is 1. The Hall–Kier alpha value is -4.95. The van der Waals surface area contributed by atoms with Crippen molar-refractivity contribution in [1.82, 2.24) is 24.5 Å². The van der Waals surface area contributed by atoms with Gasteiger partial charge in [0.1, 0.15) is 11.4 Å². The van der Waals surface area contributed by atoms with E-state index in [1.807, 2.05) is 0 Å². The molecular formula is C27H23F4N7O4. The second-order valence-corrected chi connectivity index (χ2v) is 10.2. The van der Waals surface area contributed by atoms with Crippen LogP contribution in [0.1, 0.15) is 45.3 Å². The molecule has 2 fully saturated rings. The number of nitrogens with zero attached hydrogens (tertiary/aromatic N) is 6. The molecule has 4 aromatic rings. The van der Waals surface area contributed by atoms with Gasteiger partial charge < -0.3 is 25.2 Å². The first-order valence-corrected chi connectivity index (χ1v) is 13.0. The molecule has 11 nitrogen and oxygen atoms in total. The number of fused-ring (bicyclic) bond motifs is 1. The van der Waals surface area contributed by atoms with Crippen molar-refractivity contribution < 1.29 is 32.3 Å². The normalized spacial score (nSPS) is 15.8. The van der Waals surface area contributed by atoms with Crippen molar-refractivity contribution in [1.29, 1.82) is 0 Å². The van der Waals surface area contributed by atoms with Gasteiger partial charge in [0.25, 0.3) is 5.91 Å². The van der Waals surface area contributed by atoms with Crippen LogP contribution < -0.4 is 16.1 Å². The van der Waals surface area contributed by atoms with Gasteiger partial charge in [0.15, 0.2) is 11.5 Å². The number of hydrogen-bond donors (Lipinski definition) is 2. The third-order valence-electron chi connectivity index (χ3n) is 7.53. The molecule has 1 aliphatic carbocycles. The van der Waals surface area contributed by atoms with Gasteiger partial charge in [0.05, 0.1) is 22.5 Å². The Balaban J connectivity index is 1.21. The van der Waals surface area contributed by atoms with Crippen LogP contribution in [0.5, 0.6) is 0 Å². The Morgan fingerprint density at radius 1 is 1.02 bits per heavy atom. The highest BCUT2D eigenvalue weighted by atomic mass is 19.4. The number of alkyl halides is 3. The van der Waals surface area contributed by atoms with Crippen molar-refractivity contribution in [3.63, 3.8) is 0 Å². The van der Waals surface area contributed by atoms with Crippen molar-refractivity contribution >= 4 is 34.3 Å². The summed E-state index contributed by atoms with van der Waals surface area (Å²) in [5.41, 5.74) is 4.77. The van der Waals surface area contributed by atoms with Gasteiger partial charge in [-0.1, -0.05) is 5.21 Å². The number of nitrogens with two attached hydrogens (primary N) is 1. The third-order valence-corrected chi connectivity index (χ3v) is 7.53. The predicted molar refractivity (Wildman–Crippen MR) is 142 cm³/mol. The van der Waals surface area contributed by atoms with Gasteiger partial charge in [0.2, 0.25) is 5.43 Å². The van der Waals surface area contributed by atoms with E-state index < -0.39 is 40.4 Å². The molecule has 218 valence electrons. The van der Waals surface area contributed by atoms with Crippen LogP contribution in [0.4, 0.5) is 29.1 Å². The summed E-state index contributed by atoms with van der Waals surface area (Å²) in [7, 11) is 0. The number of amides is 1. The van der Waals surface area contributed by atoms with Crippen molar-refractivity contribution in [2.45, 2.75) is 25.1 Å². The number of piperazine rings is 1. The zero-order valence-electron chi connectivity index (χ0n) is 21.8. The SMILES string of the molecule is Nc1c(C(=O)N2CCN(c3cc4c(cc3F)c(=O)c(C(=O)O)cn4C3CC3)CC2)nnn1-c1ccc(C(F)(F)F)cc1. The number of anilines is 2. The third kappa shape index (κ3) is 4.69. The average molecular weight is 586 g/mol. The molecule has 15 heteroatoms. The summed E-state index contributed by atoms with van der Waals surface area (Å²) >= 11 is 0. The van der Waals surface area contributed by atoms with E-state index >= 15 is 4.39 Å². The van der Waals surface area contributed by atoms with Crippen LogP contribution in [0, 0.1) is 5.82 Å². The second-order valence-electron chi connectivity index (χ2n) is 10.2. The molecular weight excluding hydrogens is 562 g/mol. The molecule has 42 heavy (non-hydrogen) atoms. The maximum atomic E-state index is 15.3. The zero-order chi connectivity index (χ0) is 29.9. The standard InChI is InChI=1S/C27H23F4N7O4/c28-19-11-17-20(37(15-5-6-15)13-18(23(17)39)26(41)42)12-21(19)35-7-9-36(10-8-35)25(40)22-24(32)38(34-33-22)16-3-1-14(2-4-16)27(29,30)31/h1-4,11-13,15H,5-10,32H2,(H,41,42). The number of pyridine rings is 1. The maximum absolute atomic E-state index is 15.3. The molecule has 3 heterocycles. The van der Waals surface area contributed by atoms with Gasteiger partial charge >= 0.3 is 12.1 Å². The van der Waals surface area contributed by atoms with Crippen LogP contribution in [0.3, 0.4) is 0 Å². The molecule has 0 spiro atoms. The lowest BCUT2D eigenvalue weighted by molar-refractivity contribution is -0.137. The number of hydrogen-bond acceptors (Lipinski definition) is 7. The molecule has 0 radical (unpaired) electrons. The topological polar surface area (TPSA) is 140 Å². The Labute approximate surface area is 234 Å². The summed E-state index contributed by atoms with van der Waals surface area (Å²) in [6.45, 7) is 0.830. The second kappa shape index (κ2) is 9.85. The minimum Gasteiger partial charge on any atom is -0.477 e. The van der Waals surface area contributed by atoms with Gasteiger partial charge in [-0.2, -0.15) is 17.9 Å². The molecule has 2 aromatic carbocycles. The van der Waals surface area contributed by atoms with Gasteiger partial charge in [-0.3, -0.25) is 9.59 Å². The van der Waals surface area contributed by atoms with E-state index in [1.54, 1.807) is 15.5 Å². The van der Waals surface area contributed by atoms with Gasteiger partial charge in [-0.15, -0.1) is 5.10 Å². The van der Waals surface area contributed by atoms with Crippen molar-refractivity contribution in [2.24, 2.45) is 0 Å². The van der Waals surface area contributed by atoms with E-state index in [0.717, 1.165) is 35.7 Å². The molecule has 1 saturated carbocycles. The monoisotopic (exact) mass is 585 g/mol. The fourth-order valence-electron chi connectivity index (χ4n) is 5.13. The molecule has 0 bridgehead atoms. The molecule has 0 atom stereocenters. The van der Waals surface area contributed by atoms with E-state index in [1.165, 1.54) is 23.2 Å². The number of aromatic nitrogens is 4. The fraction of sp³-hybridized carbons (Fsp3) is 0.296. The number of carbonyl (C=O) groups excluding carboxylic acids is 1. The van der Waals surface area contributed by atoms with Crippen molar-refractivity contribution in [2.75, 3.05) is 36.8 Å². The minimum atomic E-state index is -4.51. The minimum absolute atomic E-state index is 0.0107. The number of rotatable bonds is 5. The van der Waals surface area contributed by atoms with E-state index in [0.29, 0.717) is 5.52 Å². The first-order chi connectivity index (χ1) is 19.9. The zero-order valence-corrected chi connectivity index (χ0v) is 21.8. The average Bonchev–Trinajstić information content (AvgIpc) is 3.73. The highest BCUT2D eigenvalue weighted by molar-refractivity contribution is 5.97. The molecule has 1 saturated heterocycles. The summed E-state index contributed by atoms with van der Waals surface area (Å²) in [4.78, 5) is 40.7. The van der Waals surface area contributed by atoms with Crippen LogP contribution >= 0.6 is 0 Å². The fourth-order valence-corrected chi connectivity index (χ4v) is 5.13. The van der Waals surface area contributed by atoms with Gasteiger partial charge in [-0.05, 0) is 49.2 Å². The van der Waals surface area contributed by atoms with Crippen LogP contribution in [0.15, 0.2) is 47.4 Å². The van der Waals surface area contributed by atoms with E-state index in [-0.39, 0.29) is 60.5 Å². The van der Waals surface area contributed by atoms with Crippen LogP contribution in [0.2, 0.25) is 0 Å². The van der Waals surface area contributed by atoms with Crippen LogP contribution in [-0.2, 0) is 6.18 Å². The number of carboxylic acids is 1. The lowest BCUT2D eigenvalue weighted by Gasteiger charge is -2.36. The van der Waals surface area contributed by atoms with E-state index in [2.05, 4.69) is 10.3 Å². The quantitative estimate of drug-likeness (QED) is 0.340. The van der Waals surface area contributed by atoms with Crippen LogP contribution in [0.25, 0.3) is 16.6 Å². The molecule has 3 N–H and O–H groups in total. The maximum Gasteiger partial charge on any atom is 0.416 e. The number of halogens is 4. The van der Waals surface area contributed by atoms with Gasteiger partial charge in [0, 0.05) is 43.8 Å². The number of carbonyl (C=O) groups is 2. The lowest BCUT2D eigenvalue weighted by atomic mass is 10.1. The summed E-state index contributed by atoms with van der Waals surface area (Å²) in [5, 5.41) is 17.1. The summed E-state index contributed by atoms with van der Waals surface area (Å²) < 4.78 is 56.7. The van der Waals surface area contributed by atoms with Crippen molar-refractivity contribution in [3.8, 4) is 5.69 Å². The molecule has 0 unspecified atom stereocenters. The Morgan fingerprint density at radius 2 is 1.69 bits per heavy atom. The van der Waals surface area contributed by atoms with Crippen molar-refractivity contribution in [3.05, 3.63) is 75.5 Å². The molecule has 1 aliphatic heterocycles. The summed E-state index contributed by atoms with van der Waals surface area (Å²) in [6, 6.07) is 6.72. The summed E-state index contributed by atoms with van der Waals surface area (Å²) in [5.74, 6) is -2.73. The molecule has 2 aromatic heterocycles. The highest BCUT2D eigenvalue weighted by Crippen LogP contribution is 2.38. The predicted octanol–water partition coefficient (Wildman–Crippen LogP) is 3.32. The first-order valence-electron chi connectivity index (χ1n) is 13.0. The Bertz CT molecular complexity index is 1790. The van der Waals surface area contributed by atoms with Gasteiger partial charge in [-0.25, -0.2) is 9.18 Å². The largest absolute Gasteiger partial charge is 0.477 e. The van der Waals surface area contributed by atoms with E-state index in [9.17, 15) is 32.7 Å². The summed E-state index contributed by atoms with van der Waals surface area (Å²) in [6.07, 6.45) is -1.56. The smallest absolute Gasteiger partial charge is 0.416 e. The Kier molecular flexibility index (Phi) is 6.39. The Morgan fingerprint density at radius 3 is 2.29 bits per heavy atom. The highest BCUT2D eigenvalue weighted by Gasteiger charge is 2.32. The molecule has 1 amide bonds. The first kappa shape index (κ1) is 27.2. The number of benzene rings is 2. The van der Waals surface area contributed by atoms with E-state index in [4.69, 9.17) is 5.73 Å². The molecule has 6 rings (SSSR count). The molecule has 2 aliphatic rings.